The van der Waals surface area contributed by atoms with Crippen molar-refractivity contribution in [1.82, 2.24) is 14.9 Å². The number of benzene rings is 1. The van der Waals surface area contributed by atoms with Crippen molar-refractivity contribution in [2.75, 3.05) is 19.7 Å². The summed E-state index contributed by atoms with van der Waals surface area (Å²) >= 11 is 0. The van der Waals surface area contributed by atoms with Gasteiger partial charge in [-0.2, -0.15) is 0 Å². The van der Waals surface area contributed by atoms with Crippen molar-refractivity contribution in [3.05, 3.63) is 53.1 Å². The zero-order chi connectivity index (χ0) is 17.8. The molecule has 2 aromatic rings. The minimum Gasteiger partial charge on any atom is -0.494 e. The second kappa shape index (κ2) is 7.96. The van der Waals surface area contributed by atoms with Crippen molar-refractivity contribution in [1.29, 1.82) is 0 Å². The van der Waals surface area contributed by atoms with E-state index in [1.807, 2.05) is 19.2 Å². The number of aliphatic imine (C=N–C) groups is 1. The summed E-state index contributed by atoms with van der Waals surface area (Å²) in [6.45, 7) is 6.44. The van der Waals surface area contributed by atoms with Gasteiger partial charge in [0.2, 0.25) is 0 Å². The molecule has 2 aliphatic rings. The maximum Gasteiger partial charge on any atom is 0.173 e. The number of rotatable bonds is 5. The number of nitrogens with zero attached hydrogens (tertiary/aromatic N) is 4. The highest BCUT2D eigenvalue weighted by atomic mass is 16.5. The minimum atomic E-state index is 0.695. The quantitative estimate of drug-likeness (QED) is 0.829. The molecule has 0 spiro atoms. The number of hydrogen-bond donors (Lipinski definition) is 0. The van der Waals surface area contributed by atoms with Crippen LogP contribution in [0.3, 0.4) is 0 Å². The molecule has 0 saturated heterocycles. The monoisotopic (exact) mass is 350 g/mol. The first-order chi connectivity index (χ1) is 12.8. The smallest absolute Gasteiger partial charge is 0.173 e. The molecule has 0 fully saturated rings. The molecule has 4 rings (SSSR count). The lowest BCUT2D eigenvalue weighted by Gasteiger charge is -2.28. The molecule has 1 aromatic heterocycles. The second-order valence-corrected chi connectivity index (χ2v) is 6.95. The highest BCUT2D eigenvalue weighted by Gasteiger charge is 2.21. The van der Waals surface area contributed by atoms with E-state index in [0.29, 0.717) is 6.61 Å². The highest BCUT2D eigenvalue weighted by molar-refractivity contribution is 5.97. The van der Waals surface area contributed by atoms with E-state index in [1.165, 1.54) is 29.7 Å². The Morgan fingerprint density at radius 3 is 2.92 bits per heavy atom. The van der Waals surface area contributed by atoms with Gasteiger partial charge in [0, 0.05) is 49.9 Å². The van der Waals surface area contributed by atoms with Crippen LogP contribution in [0.4, 0.5) is 0 Å². The Morgan fingerprint density at radius 1 is 1.15 bits per heavy atom. The summed E-state index contributed by atoms with van der Waals surface area (Å²) in [6, 6.07) is 8.32. The fourth-order valence-electron chi connectivity index (χ4n) is 3.70. The van der Waals surface area contributed by atoms with Gasteiger partial charge in [0.1, 0.15) is 5.75 Å². The normalized spacial score (nSPS) is 17.5. The summed E-state index contributed by atoms with van der Waals surface area (Å²) < 4.78 is 5.77. The predicted molar refractivity (Wildman–Crippen MR) is 103 cm³/mol. The summed E-state index contributed by atoms with van der Waals surface area (Å²) in [5.41, 5.74) is 4.77. The lowest BCUT2D eigenvalue weighted by Crippen LogP contribution is -2.31. The third kappa shape index (κ3) is 3.78. The first-order valence-corrected chi connectivity index (χ1v) is 9.65. The molecule has 0 N–H and O–H groups in total. The van der Waals surface area contributed by atoms with Gasteiger partial charge < -0.3 is 4.74 Å². The Balaban J connectivity index is 1.47. The molecule has 26 heavy (non-hydrogen) atoms. The lowest BCUT2D eigenvalue weighted by molar-refractivity contribution is 0.236. The molecule has 5 nitrogen and oxygen atoms in total. The van der Waals surface area contributed by atoms with E-state index in [-0.39, 0.29) is 0 Å². The summed E-state index contributed by atoms with van der Waals surface area (Å²) in [6.07, 6.45) is 6.38. The molecular weight excluding hydrogens is 324 g/mol. The number of aromatic nitrogens is 2. The lowest BCUT2D eigenvalue weighted by atomic mass is 10.0. The predicted octanol–water partition coefficient (Wildman–Crippen LogP) is 3.41. The van der Waals surface area contributed by atoms with E-state index in [2.05, 4.69) is 33.1 Å². The zero-order valence-corrected chi connectivity index (χ0v) is 15.4. The highest BCUT2D eigenvalue weighted by Crippen LogP contribution is 2.24. The summed E-state index contributed by atoms with van der Waals surface area (Å²) in [7, 11) is 0. The van der Waals surface area contributed by atoms with Crippen LogP contribution in [0.25, 0.3) is 0 Å². The minimum absolute atomic E-state index is 0.695. The van der Waals surface area contributed by atoms with Gasteiger partial charge in [-0.05, 0) is 32.3 Å². The van der Waals surface area contributed by atoms with Crippen LogP contribution in [0.2, 0.25) is 0 Å². The van der Waals surface area contributed by atoms with Gasteiger partial charge in [0.15, 0.2) is 5.82 Å². The topological polar surface area (TPSA) is 50.6 Å². The van der Waals surface area contributed by atoms with Gasteiger partial charge in [-0.15, -0.1) is 0 Å². The Hall–Kier alpha value is -2.27. The summed E-state index contributed by atoms with van der Waals surface area (Å²) in [5, 5.41) is 0. The summed E-state index contributed by atoms with van der Waals surface area (Å²) in [4.78, 5) is 16.5. The molecule has 0 radical (unpaired) electrons. The van der Waals surface area contributed by atoms with Gasteiger partial charge in [-0.3, -0.25) is 9.89 Å². The third-order valence-corrected chi connectivity index (χ3v) is 5.06. The molecule has 0 saturated carbocycles. The van der Waals surface area contributed by atoms with Gasteiger partial charge >= 0.3 is 0 Å². The first kappa shape index (κ1) is 17.2. The van der Waals surface area contributed by atoms with Crippen LogP contribution in [0, 0.1) is 0 Å². The molecule has 2 aliphatic heterocycles. The van der Waals surface area contributed by atoms with E-state index >= 15 is 0 Å². The average Bonchev–Trinajstić information content (AvgIpc) is 2.70. The molecule has 3 heterocycles. The molecule has 0 atom stereocenters. The molecule has 1 aromatic carbocycles. The SMILES string of the molecule is CCOc1ccccc1CN1CCc2nc(C3=NCCCC3)ncc2C1. The van der Waals surface area contributed by atoms with Crippen LogP contribution in [0.15, 0.2) is 35.5 Å². The van der Waals surface area contributed by atoms with E-state index in [9.17, 15) is 0 Å². The van der Waals surface area contributed by atoms with E-state index in [0.717, 1.165) is 56.3 Å². The second-order valence-electron chi connectivity index (χ2n) is 6.95. The van der Waals surface area contributed by atoms with Crippen molar-refractivity contribution in [2.24, 2.45) is 4.99 Å². The van der Waals surface area contributed by atoms with Gasteiger partial charge in [0.25, 0.3) is 0 Å². The largest absolute Gasteiger partial charge is 0.494 e. The van der Waals surface area contributed by atoms with E-state index < -0.39 is 0 Å². The third-order valence-electron chi connectivity index (χ3n) is 5.06. The molecule has 0 amide bonds. The van der Waals surface area contributed by atoms with Crippen LogP contribution in [0.5, 0.6) is 5.75 Å². The van der Waals surface area contributed by atoms with Gasteiger partial charge in [-0.25, -0.2) is 9.97 Å². The number of para-hydroxylation sites is 1. The number of hydrogen-bond acceptors (Lipinski definition) is 5. The van der Waals surface area contributed by atoms with Crippen molar-refractivity contribution >= 4 is 5.71 Å². The average molecular weight is 350 g/mol. The van der Waals surface area contributed by atoms with E-state index in [4.69, 9.17) is 9.72 Å². The molecule has 0 unspecified atom stereocenters. The van der Waals surface area contributed by atoms with Crippen molar-refractivity contribution in [3.8, 4) is 5.75 Å². The maximum atomic E-state index is 5.77. The fraction of sp³-hybridized carbons (Fsp3) is 0.476. The van der Waals surface area contributed by atoms with Gasteiger partial charge in [-0.1, -0.05) is 18.2 Å². The van der Waals surface area contributed by atoms with Crippen molar-refractivity contribution < 1.29 is 4.74 Å². The van der Waals surface area contributed by atoms with Crippen LogP contribution >= 0.6 is 0 Å². The number of ether oxygens (including phenoxy) is 1. The molecule has 5 heteroatoms. The van der Waals surface area contributed by atoms with Gasteiger partial charge in [0.05, 0.1) is 18.0 Å². The Morgan fingerprint density at radius 2 is 2.08 bits per heavy atom. The van der Waals surface area contributed by atoms with Crippen LogP contribution in [0.1, 0.15) is 48.8 Å². The standard InChI is InChI=1S/C21H26N4O/c1-2-26-20-9-4-3-7-16(20)14-25-12-10-18-17(15-25)13-23-21(24-18)19-8-5-6-11-22-19/h3-4,7,9,13H,2,5-6,8,10-12,14-15H2,1H3. The molecule has 0 aliphatic carbocycles. The van der Waals surface area contributed by atoms with E-state index in [1.54, 1.807) is 0 Å². The maximum absolute atomic E-state index is 5.77. The number of fused-ring (bicyclic) bond motifs is 1. The fourth-order valence-corrected chi connectivity index (χ4v) is 3.70. The van der Waals surface area contributed by atoms with Crippen molar-refractivity contribution in [3.63, 3.8) is 0 Å². The van der Waals surface area contributed by atoms with Crippen LogP contribution in [-0.2, 0) is 19.5 Å². The van der Waals surface area contributed by atoms with Crippen LogP contribution < -0.4 is 4.74 Å². The Labute approximate surface area is 155 Å². The zero-order valence-electron chi connectivity index (χ0n) is 15.4. The Kier molecular flexibility index (Phi) is 5.25. The molecular formula is C21H26N4O. The molecule has 0 bridgehead atoms. The van der Waals surface area contributed by atoms with Crippen LogP contribution in [-0.4, -0.2) is 40.3 Å². The Bertz CT molecular complexity index is 802. The first-order valence-electron chi connectivity index (χ1n) is 9.65. The summed E-state index contributed by atoms with van der Waals surface area (Å²) in [5.74, 6) is 1.83. The van der Waals surface area contributed by atoms with Crippen molar-refractivity contribution in [2.45, 2.75) is 45.7 Å². The molecule has 136 valence electrons.